The highest BCUT2D eigenvalue weighted by Crippen LogP contribution is 2.47. The fourth-order valence-electron chi connectivity index (χ4n) is 2.91. The van der Waals surface area contributed by atoms with Gasteiger partial charge in [-0.1, -0.05) is 33.8 Å². The van der Waals surface area contributed by atoms with Crippen LogP contribution in [0.5, 0.6) is 0 Å². The number of amidine groups is 1. The minimum Gasteiger partial charge on any atom is -0.379 e. The van der Waals surface area contributed by atoms with Gasteiger partial charge in [0.25, 0.3) is 0 Å². The van der Waals surface area contributed by atoms with Crippen molar-refractivity contribution in [3.05, 3.63) is 33.8 Å². The molecule has 90 valence electrons. The van der Waals surface area contributed by atoms with Crippen molar-refractivity contribution >= 4 is 32.9 Å². The van der Waals surface area contributed by atoms with Gasteiger partial charge in [-0.25, -0.2) is 0 Å². The van der Waals surface area contributed by atoms with Gasteiger partial charge < -0.3 is 5.73 Å². The van der Waals surface area contributed by atoms with E-state index in [0.29, 0.717) is 5.92 Å². The highest BCUT2D eigenvalue weighted by atomic mass is 79.9. The van der Waals surface area contributed by atoms with Gasteiger partial charge in [-0.3, -0.25) is 4.99 Å². The summed E-state index contributed by atoms with van der Waals surface area (Å²) in [6.07, 6.45) is 2.38. The number of nitrogens with zero attached hydrogens (tertiary/aromatic N) is 1. The molecular formula is C13H15BrN2S. The third-order valence-electron chi connectivity index (χ3n) is 3.95. The lowest BCUT2D eigenvalue weighted by Gasteiger charge is -2.42. The Hall–Kier alpha value is -0.480. The molecule has 1 heterocycles. The van der Waals surface area contributed by atoms with Crippen LogP contribution in [0, 0.1) is 5.92 Å². The van der Waals surface area contributed by atoms with E-state index in [9.17, 15) is 0 Å². The van der Waals surface area contributed by atoms with E-state index in [1.807, 2.05) is 0 Å². The van der Waals surface area contributed by atoms with Crippen LogP contribution in [-0.4, -0.2) is 10.9 Å². The first kappa shape index (κ1) is 11.6. The van der Waals surface area contributed by atoms with E-state index in [-0.39, 0.29) is 5.54 Å². The first-order valence-electron chi connectivity index (χ1n) is 5.86. The molecule has 2 nitrogen and oxygen atoms in total. The number of hydrogen-bond acceptors (Lipinski definition) is 3. The van der Waals surface area contributed by atoms with Crippen LogP contribution in [0.2, 0.25) is 0 Å². The quantitative estimate of drug-likeness (QED) is 0.798. The monoisotopic (exact) mass is 310 g/mol. The molecule has 1 aliphatic carbocycles. The Morgan fingerprint density at radius 1 is 1.53 bits per heavy atom. The number of aliphatic imine (C=N–C) groups is 1. The summed E-state index contributed by atoms with van der Waals surface area (Å²) >= 11 is 5.26. The van der Waals surface area contributed by atoms with Gasteiger partial charge in [0.15, 0.2) is 5.17 Å². The lowest BCUT2D eigenvalue weighted by atomic mass is 9.71. The van der Waals surface area contributed by atoms with Crippen molar-refractivity contribution in [1.29, 1.82) is 0 Å². The van der Waals surface area contributed by atoms with Gasteiger partial charge in [0.1, 0.15) is 0 Å². The molecule has 17 heavy (non-hydrogen) atoms. The Bertz CT molecular complexity index is 500. The molecule has 0 aromatic heterocycles. The van der Waals surface area contributed by atoms with Crippen molar-refractivity contribution in [3.63, 3.8) is 0 Å². The molecule has 0 radical (unpaired) electrons. The molecule has 2 aliphatic rings. The summed E-state index contributed by atoms with van der Waals surface area (Å²) < 4.78 is 1.13. The molecule has 0 bridgehead atoms. The van der Waals surface area contributed by atoms with E-state index >= 15 is 0 Å². The van der Waals surface area contributed by atoms with Crippen LogP contribution in [0.1, 0.15) is 24.5 Å². The Morgan fingerprint density at radius 2 is 2.35 bits per heavy atom. The number of aryl methyl sites for hydroxylation is 1. The van der Waals surface area contributed by atoms with Crippen molar-refractivity contribution in [2.24, 2.45) is 16.6 Å². The summed E-state index contributed by atoms with van der Waals surface area (Å²) in [5.74, 6) is 1.71. The minimum absolute atomic E-state index is 0.118. The van der Waals surface area contributed by atoms with Gasteiger partial charge in [-0.15, -0.1) is 0 Å². The Balaban J connectivity index is 2.19. The third kappa shape index (κ3) is 1.82. The zero-order chi connectivity index (χ0) is 12.0. The Morgan fingerprint density at radius 3 is 3.18 bits per heavy atom. The second kappa shape index (κ2) is 4.02. The summed E-state index contributed by atoms with van der Waals surface area (Å²) in [5.41, 5.74) is 8.58. The van der Waals surface area contributed by atoms with Crippen LogP contribution in [0.15, 0.2) is 27.7 Å². The van der Waals surface area contributed by atoms with Crippen molar-refractivity contribution in [3.8, 4) is 0 Å². The summed E-state index contributed by atoms with van der Waals surface area (Å²) in [6, 6.07) is 6.55. The van der Waals surface area contributed by atoms with Gasteiger partial charge in [0.2, 0.25) is 0 Å². The molecule has 0 spiro atoms. The summed E-state index contributed by atoms with van der Waals surface area (Å²) in [4.78, 5) is 4.76. The van der Waals surface area contributed by atoms with Crippen LogP contribution in [-0.2, 0) is 12.0 Å². The molecule has 3 rings (SSSR count). The average molecular weight is 311 g/mol. The fraction of sp³-hybridized carbons (Fsp3) is 0.462. The standard InChI is InChI=1S/C13H15BrN2S/c1-13-9(7-17-12(15)16-13)4-2-8-3-5-10(14)6-11(8)13/h3,5-6,9H,2,4,7H2,1H3,(H2,15,16)/t9?,13-/m1/s1. The second-order valence-corrected chi connectivity index (χ2v) is 6.90. The van der Waals surface area contributed by atoms with Crippen molar-refractivity contribution < 1.29 is 0 Å². The van der Waals surface area contributed by atoms with Crippen LogP contribution < -0.4 is 5.73 Å². The molecule has 0 fully saturated rings. The summed E-state index contributed by atoms with van der Waals surface area (Å²) in [7, 11) is 0. The number of nitrogens with two attached hydrogens (primary N) is 1. The first-order chi connectivity index (χ1) is 8.09. The number of rotatable bonds is 0. The SMILES string of the molecule is C[C@@]12N=C(N)SCC1CCc1ccc(Br)cc12. The Kier molecular flexibility index (Phi) is 2.75. The normalized spacial score (nSPS) is 31.4. The average Bonchev–Trinajstić information content (AvgIpc) is 2.29. The van der Waals surface area contributed by atoms with Crippen LogP contribution >= 0.6 is 27.7 Å². The fourth-order valence-corrected chi connectivity index (χ4v) is 4.39. The molecule has 1 aliphatic heterocycles. The summed E-state index contributed by atoms with van der Waals surface area (Å²) in [5, 5.41) is 0.733. The highest BCUT2D eigenvalue weighted by molar-refractivity contribution is 9.10. The van der Waals surface area contributed by atoms with Gasteiger partial charge in [0, 0.05) is 10.2 Å². The topological polar surface area (TPSA) is 38.4 Å². The van der Waals surface area contributed by atoms with Crippen LogP contribution in [0.4, 0.5) is 0 Å². The highest BCUT2D eigenvalue weighted by Gasteiger charge is 2.42. The summed E-state index contributed by atoms with van der Waals surface area (Å²) in [6.45, 7) is 2.23. The van der Waals surface area contributed by atoms with Gasteiger partial charge >= 0.3 is 0 Å². The van der Waals surface area contributed by atoms with Crippen molar-refractivity contribution in [2.45, 2.75) is 25.3 Å². The van der Waals surface area contributed by atoms with Gasteiger partial charge in [-0.2, -0.15) is 0 Å². The van der Waals surface area contributed by atoms with E-state index in [2.05, 4.69) is 41.1 Å². The molecule has 0 saturated heterocycles. The number of benzene rings is 1. The first-order valence-corrected chi connectivity index (χ1v) is 7.64. The van der Waals surface area contributed by atoms with E-state index in [1.165, 1.54) is 24.0 Å². The predicted octanol–water partition coefficient (Wildman–Crippen LogP) is 3.29. The molecule has 2 atom stereocenters. The second-order valence-electron chi connectivity index (χ2n) is 4.95. The molecule has 1 aromatic carbocycles. The maximum Gasteiger partial charge on any atom is 0.154 e. The maximum absolute atomic E-state index is 5.92. The number of halogens is 1. The predicted molar refractivity (Wildman–Crippen MR) is 77.4 cm³/mol. The lowest BCUT2D eigenvalue weighted by molar-refractivity contribution is 0.291. The molecular weight excluding hydrogens is 296 g/mol. The number of fused-ring (bicyclic) bond motifs is 3. The van der Waals surface area contributed by atoms with Crippen molar-refractivity contribution in [1.82, 2.24) is 0 Å². The zero-order valence-electron chi connectivity index (χ0n) is 9.74. The van der Waals surface area contributed by atoms with Crippen LogP contribution in [0.3, 0.4) is 0 Å². The van der Waals surface area contributed by atoms with Gasteiger partial charge in [0.05, 0.1) is 5.54 Å². The zero-order valence-corrected chi connectivity index (χ0v) is 12.1. The van der Waals surface area contributed by atoms with Crippen molar-refractivity contribution in [2.75, 3.05) is 5.75 Å². The lowest BCUT2D eigenvalue weighted by Crippen LogP contribution is -2.41. The molecule has 0 saturated carbocycles. The molecule has 2 N–H and O–H groups in total. The number of thioether (sulfide) groups is 1. The van der Waals surface area contributed by atoms with E-state index in [4.69, 9.17) is 10.7 Å². The Labute approximate surface area is 114 Å². The largest absolute Gasteiger partial charge is 0.379 e. The third-order valence-corrected chi connectivity index (χ3v) is 5.40. The van der Waals surface area contributed by atoms with E-state index in [0.717, 1.165) is 15.4 Å². The molecule has 0 amide bonds. The minimum atomic E-state index is -0.118. The smallest absolute Gasteiger partial charge is 0.154 e. The maximum atomic E-state index is 5.92. The molecule has 4 heteroatoms. The van der Waals surface area contributed by atoms with Gasteiger partial charge in [-0.05, 0) is 48.9 Å². The van der Waals surface area contributed by atoms with E-state index in [1.54, 1.807) is 11.8 Å². The number of hydrogen-bond donors (Lipinski definition) is 1. The van der Waals surface area contributed by atoms with E-state index < -0.39 is 0 Å². The van der Waals surface area contributed by atoms with Crippen LogP contribution in [0.25, 0.3) is 0 Å². The molecule has 1 aromatic rings. The molecule has 1 unspecified atom stereocenters.